The van der Waals surface area contributed by atoms with E-state index in [1.165, 1.54) is 30.4 Å². The van der Waals surface area contributed by atoms with Gasteiger partial charge in [0.2, 0.25) is 0 Å². The molecule has 3 N–H and O–H groups in total. The van der Waals surface area contributed by atoms with Crippen molar-refractivity contribution in [3.8, 4) is 5.75 Å². The summed E-state index contributed by atoms with van der Waals surface area (Å²) in [6.07, 6.45) is 4.43. The molecule has 2 aromatic rings. The lowest BCUT2D eigenvalue weighted by Crippen LogP contribution is -2.46. The maximum atomic E-state index is 10.8. The van der Waals surface area contributed by atoms with Crippen LogP contribution in [0.5, 0.6) is 5.75 Å². The van der Waals surface area contributed by atoms with Gasteiger partial charge in [0.25, 0.3) is 5.91 Å². The molecule has 0 bridgehead atoms. The summed E-state index contributed by atoms with van der Waals surface area (Å²) in [6.45, 7) is 5.72. The Kier molecular flexibility index (Phi) is 8.76. The molecule has 6 nitrogen and oxygen atoms in total. The molecule has 0 aliphatic carbocycles. The molecule has 0 radical (unpaired) electrons. The standard InChI is InChI=1S/C25H34N4O2/c1-2-27-25(28-15-12-20-8-10-23(11-9-20)31-19-24(26)30)29-16-13-22(14-17-29)18-21-6-4-3-5-7-21/h3-11,22H,2,12-19H2,1H3,(H2,26,30)(H,27,28). The summed E-state index contributed by atoms with van der Waals surface area (Å²) >= 11 is 0. The van der Waals surface area contributed by atoms with Crippen molar-refractivity contribution in [2.75, 3.05) is 32.8 Å². The monoisotopic (exact) mass is 422 g/mol. The van der Waals surface area contributed by atoms with Gasteiger partial charge in [0, 0.05) is 26.2 Å². The van der Waals surface area contributed by atoms with Gasteiger partial charge in [-0.2, -0.15) is 0 Å². The van der Waals surface area contributed by atoms with Crippen molar-refractivity contribution in [1.29, 1.82) is 0 Å². The Morgan fingerprint density at radius 1 is 1.10 bits per heavy atom. The molecule has 1 aliphatic heterocycles. The fourth-order valence-corrected chi connectivity index (χ4v) is 3.92. The van der Waals surface area contributed by atoms with E-state index >= 15 is 0 Å². The van der Waals surface area contributed by atoms with Crippen LogP contribution in [0.2, 0.25) is 0 Å². The van der Waals surface area contributed by atoms with Crippen molar-refractivity contribution < 1.29 is 9.53 Å². The first kappa shape index (κ1) is 22.7. The zero-order valence-electron chi connectivity index (χ0n) is 18.4. The third kappa shape index (κ3) is 7.63. The highest BCUT2D eigenvalue weighted by Crippen LogP contribution is 2.21. The Balaban J connectivity index is 1.47. The lowest BCUT2D eigenvalue weighted by Gasteiger charge is -2.34. The van der Waals surface area contributed by atoms with Gasteiger partial charge in [-0.3, -0.25) is 9.79 Å². The van der Waals surface area contributed by atoms with E-state index in [0.717, 1.165) is 44.5 Å². The van der Waals surface area contributed by atoms with Gasteiger partial charge in [0.15, 0.2) is 12.6 Å². The van der Waals surface area contributed by atoms with Crippen LogP contribution in [0.25, 0.3) is 0 Å². The highest BCUT2D eigenvalue weighted by Gasteiger charge is 2.21. The number of ether oxygens (including phenoxy) is 1. The quantitative estimate of drug-likeness (QED) is 0.481. The summed E-state index contributed by atoms with van der Waals surface area (Å²) in [5.74, 6) is 1.94. The third-order valence-corrected chi connectivity index (χ3v) is 5.58. The van der Waals surface area contributed by atoms with Gasteiger partial charge in [0.1, 0.15) is 5.75 Å². The number of carbonyl (C=O) groups excluding carboxylic acids is 1. The first-order valence-electron chi connectivity index (χ1n) is 11.2. The number of nitrogens with zero attached hydrogens (tertiary/aromatic N) is 2. The van der Waals surface area contributed by atoms with Crippen LogP contribution in [0, 0.1) is 5.92 Å². The first-order valence-corrected chi connectivity index (χ1v) is 11.2. The summed E-state index contributed by atoms with van der Waals surface area (Å²) in [5, 5.41) is 3.45. The van der Waals surface area contributed by atoms with E-state index in [9.17, 15) is 4.79 Å². The number of hydrogen-bond donors (Lipinski definition) is 2. The van der Waals surface area contributed by atoms with Gasteiger partial charge in [-0.25, -0.2) is 0 Å². The SMILES string of the molecule is CCNC(=NCCc1ccc(OCC(N)=O)cc1)N1CCC(Cc2ccccc2)CC1. The predicted octanol–water partition coefficient (Wildman–Crippen LogP) is 3.01. The number of nitrogens with two attached hydrogens (primary N) is 1. The number of carbonyl (C=O) groups is 1. The van der Waals surface area contributed by atoms with Crippen molar-refractivity contribution in [1.82, 2.24) is 10.2 Å². The van der Waals surface area contributed by atoms with Crippen LogP contribution >= 0.6 is 0 Å². The summed E-state index contributed by atoms with van der Waals surface area (Å²) in [7, 11) is 0. The van der Waals surface area contributed by atoms with Crippen LogP contribution in [-0.2, 0) is 17.6 Å². The first-order chi connectivity index (χ1) is 15.1. The number of benzene rings is 2. The number of aliphatic imine (C=N–C) groups is 1. The minimum Gasteiger partial charge on any atom is -0.484 e. The molecule has 31 heavy (non-hydrogen) atoms. The largest absolute Gasteiger partial charge is 0.484 e. The topological polar surface area (TPSA) is 80.0 Å². The van der Waals surface area contributed by atoms with Crippen LogP contribution in [0.3, 0.4) is 0 Å². The summed E-state index contributed by atoms with van der Waals surface area (Å²) in [6, 6.07) is 18.5. The number of amides is 1. The molecular formula is C25H34N4O2. The Hall–Kier alpha value is -3.02. The third-order valence-electron chi connectivity index (χ3n) is 5.58. The molecule has 0 saturated carbocycles. The molecular weight excluding hydrogens is 388 g/mol. The smallest absolute Gasteiger partial charge is 0.255 e. The second-order valence-electron chi connectivity index (χ2n) is 8.00. The van der Waals surface area contributed by atoms with Crippen LogP contribution in [0.15, 0.2) is 59.6 Å². The van der Waals surface area contributed by atoms with Gasteiger partial charge in [-0.1, -0.05) is 42.5 Å². The van der Waals surface area contributed by atoms with Crippen LogP contribution in [0.4, 0.5) is 0 Å². The normalized spacial score (nSPS) is 15.0. The molecule has 1 saturated heterocycles. The average Bonchev–Trinajstić information content (AvgIpc) is 2.79. The molecule has 3 rings (SSSR count). The summed E-state index contributed by atoms with van der Waals surface area (Å²) < 4.78 is 5.30. The van der Waals surface area contributed by atoms with Crippen LogP contribution < -0.4 is 15.8 Å². The van der Waals surface area contributed by atoms with E-state index in [1.807, 2.05) is 24.3 Å². The number of likely N-dealkylation sites (tertiary alicyclic amines) is 1. The van der Waals surface area contributed by atoms with Crippen molar-refractivity contribution in [3.63, 3.8) is 0 Å². The van der Waals surface area contributed by atoms with E-state index in [2.05, 4.69) is 47.5 Å². The molecule has 0 spiro atoms. The fraction of sp³-hybridized carbons (Fsp3) is 0.440. The Labute approximate surface area is 185 Å². The average molecular weight is 423 g/mol. The number of hydrogen-bond acceptors (Lipinski definition) is 3. The Morgan fingerprint density at radius 3 is 2.45 bits per heavy atom. The number of piperidine rings is 1. The molecule has 2 aromatic carbocycles. The van der Waals surface area contributed by atoms with Crippen LogP contribution in [0.1, 0.15) is 30.9 Å². The molecule has 1 aliphatic rings. The highest BCUT2D eigenvalue weighted by atomic mass is 16.5. The maximum absolute atomic E-state index is 10.8. The van der Waals surface area contributed by atoms with Crippen molar-refractivity contribution in [2.45, 2.75) is 32.6 Å². The lowest BCUT2D eigenvalue weighted by molar-refractivity contribution is -0.119. The molecule has 1 amide bonds. The molecule has 6 heteroatoms. The minimum atomic E-state index is -0.474. The molecule has 0 aromatic heterocycles. The molecule has 0 unspecified atom stereocenters. The van der Waals surface area contributed by atoms with E-state index in [0.29, 0.717) is 5.75 Å². The van der Waals surface area contributed by atoms with Crippen molar-refractivity contribution in [3.05, 3.63) is 65.7 Å². The van der Waals surface area contributed by atoms with Gasteiger partial charge in [0.05, 0.1) is 0 Å². The van der Waals surface area contributed by atoms with E-state index in [4.69, 9.17) is 15.5 Å². The van der Waals surface area contributed by atoms with Gasteiger partial charge in [-0.15, -0.1) is 0 Å². The minimum absolute atomic E-state index is 0.0995. The number of guanidine groups is 1. The summed E-state index contributed by atoms with van der Waals surface area (Å²) in [5.41, 5.74) is 7.73. The lowest BCUT2D eigenvalue weighted by atomic mass is 9.90. The molecule has 1 fully saturated rings. The van der Waals surface area contributed by atoms with Crippen molar-refractivity contribution >= 4 is 11.9 Å². The van der Waals surface area contributed by atoms with Gasteiger partial charge < -0.3 is 20.7 Å². The number of rotatable bonds is 9. The molecule has 0 atom stereocenters. The number of primary amides is 1. The van der Waals surface area contributed by atoms with E-state index in [1.54, 1.807) is 0 Å². The number of nitrogens with one attached hydrogen (secondary N) is 1. The Morgan fingerprint density at radius 2 is 1.81 bits per heavy atom. The van der Waals surface area contributed by atoms with E-state index in [-0.39, 0.29) is 6.61 Å². The fourth-order valence-electron chi connectivity index (χ4n) is 3.92. The molecule has 1 heterocycles. The van der Waals surface area contributed by atoms with Crippen LogP contribution in [-0.4, -0.2) is 49.6 Å². The second-order valence-corrected chi connectivity index (χ2v) is 8.00. The highest BCUT2D eigenvalue weighted by molar-refractivity contribution is 5.80. The Bertz CT molecular complexity index is 828. The summed E-state index contributed by atoms with van der Waals surface area (Å²) in [4.78, 5) is 18.1. The van der Waals surface area contributed by atoms with Crippen molar-refractivity contribution in [2.24, 2.45) is 16.6 Å². The van der Waals surface area contributed by atoms with Gasteiger partial charge >= 0.3 is 0 Å². The predicted molar refractivity (Wildman–Crippen MR) is 125 cm³/mol. The molecule has 166 valence electrons. The van der Waals surface area contributed by atoms with E-state index < -0.39 is 5.91 Å². The zero-order chi connectivity index (χ0) is 21.9. The second kappa shape index (κ2) is 12.0. The van der Waals surface area contributed by atoms with Gasteiger partial charge in [-0.05, 0) is 61.8 Å². The zero-order valence-corrected chi connectivity index (χ0v) is 18.4. The maximum Gasteiger partial charge on any atom is 0.255 e.